The van der Waals surface area contributed by atoms with Crippen molar-refractivity contribution < 1.29 is 9.90 Å². The lowest BCUT2D eigenvalue weighted by molar-refractivity contribution is -0.299. The van der Waals surface area contributed by atoms with Crippen molar-refractivity contribution in [3.63, 3.8) is 0 Å². The molecule has 0 heterocycles. The number of hydrogen-bond acceptors (Lipinski definition) is 2. The Bertz CT molecular complexity index is 405. The predicted octanol–water partition coefficient (Wildman–Crippen LogP) is 1.77. The van der Waals surface area contributed by atoms with Crippen molar-refractivity contribution in [3.05, 3.63) is 40.0 Å². The highest BCUT2D eigenvalue weighted by Crippen LogP contribution is 2.17. The Labute approximate surface area is 90.3 Å². The lowest BCUT2D eigenvalue weighted by Crippen LogP contribution is -2.22. The second kappa shape index (κ2) is 4.30. The SMILES string of the molecule is C/C(=C\c1cc(C)c(C)c(C)c1)C(=O)[O-]. The second-order valence-corrected chi connectivity index (χ2v) is 3.89. The summed E-state index contributed by atoms with van der Waals surface area (Å²) in [5.74, 6) is -1.12. The Morgan fingerprint density at radius 2 is 1.67 bits per heavy atom. The van der Waals surface area contributed by atoms with Crippen LogP contribution in [0.5, 0.6) is 0 Å². The Hall–Kier alpha value is -1.57. The van der Waals surface area contributed by atoms with Gasteiger partial charge in [-0.15, -0.1) is 0 Å². The topological polar surface area (TPSA) is 40.1 Å². The van der Waals surface area contributed by atoms with Crippen molar-refractivity contribution in [2.45, 2.75) is 27.7 Å². The van der Waals surface area contributed by atoms with E-state index in [9.17, 15) is 9.90 Å². The van der Waals surface area contributed by atoms with Crippen LogP contribution >= 0.6 is 0 Å². The van der Waals surface area contributed by atoms with Gasteiger partial charge in [0.15, 0.2) is 0 Å². The fourth-order valence-corrected chi connectivity index (χ4v) is 1.46. The standard InChI is InChI=1S/C13H16O2/c1-8-5-12(6-9(2)11(8)4)7-10(3)13(14)15/h5-7H,1-4H3,(H,14,15)/p-1/b10-7+. The fourth-order valence-electron chi connectivity index (χ4n) is 1.46. The van der Waals surface area contributed by atoms with Crippen molar-refractivity contribution in [2.24, 2.45) is 0 Å². The Kier molecular flexibility index (Phi) is 3.30. The normalized spacial score (nSPS) is 11.6. The molecule has 1 aromatic rings. The molecule has 0 aliphatic carbocycles. The van der Waals surface area contributed by atoms with Gasteiger partial charge in [-0.1, -0.05) is 18.2 Å². The van der Waals surface area contributed by atoms with Gasteiger partial charge in [0.25, 0.3) is 0 Å². The lowest BCUT2D eigenvalue weighted by Gasteiger charge is -2.08. The molecule has 0 atom stereocenters. The number of rotatable bonds is 2. The second-order valence-electron chi connectivity index (χ2n) is 3.89. The molecule has 0 aliphatic rings. The maximum Gasteiger partial charge on any atom is 0.0672 e. The molecular formula is C13H15O2-. The third kappa shape index (κ3) is 2.69. The van der Waals surface area contributed by atoms with Gasteiger partial charge >= 0.3 is 0 Å². The van der Waals surface area contributed by atoms with Gasteiger partial charge < -0.3 is 9.90 Å². The average Bonchev–Trinajstić information content (AvgIpc) is 2.13. The van der Waals surface area contributed by atoms with Crippen molar-refractivity contribution in [1.29, 1.82) is 0 Å². The van der Waals surface area contributed by atoms with E-state index < -0.39 is 5.97 Å². The number of carbonyl (C=O) groups is 1. The summed E-state index contributed by atoms with van der Waals surface area (Å²) < 4.78 is 0. The van der Waals surface area contributed by atoms with E-state index in [2.05, 4.69) is 6.92 Å². The third-order valence-electron chi connectivity index (χ3n) is 2.65. The zero-order valence-corrected chi connectivity index (χ0v) is 9.55. The van der Waals surface area contributed by atoms with Crippen LogP contribution in [0.15, 0.2) is 17.7 Å². The first-order valence-electron chi connectivity index (χ1n) is 4.89. The average molecular weight is 203 g/mol. The minimum atomic E-state index is -1.12. The summed E-state index contributed by atoms with van der Waals surface area (Å²) in [4.78, 5) is 10.6. The van der Waals surface area contributed by atoms with Crippen LogP contribution in [0, 0.1) is 20.8 Å². The fraction of sp³-hybridized carbons (Fsp3) is 0.308. The summed E-state index contributed by atoms with van der Waals surface area (Å²) in [6.07, 6.45) is 1.63. The summed E-state index contributed by atoms with van der Waals surface area (Å²) >= 11 is 0. The minimum Gasteiger partial charge on any atom is -0.545 e. The number of carbonyl (C=O) groups excluding carboxylic acids is 1. The zero-order valence-electron chi connectivity index (χ0n) is 9.55. The van der Waals surface area contributed by atoms with E-state index >= 15 is 0 Å². The molecule has 0 radical (unpaired) electrons. The van der Waals surface area contributed by atoms with Crippen LogP contribution in [0.3, 0.4) is 0 Å². The molecule has 80 valence electrons. The largest absolute Gasteiger partial charge is 0.545 e. The number of benzene rings is 1. The molecule has 0 saturated heterocycles. The molecule has 2 nitrogen and oxygen atoms in total. The molecule has 0 saturated carbocycles. The van der Waals surface area contributed by atoms with Crippen molar-refractivity contribution in [3.8, 4) is 0 Å². The van der Waals surface area contributed by atoms with E-state index in [1.165, 1.54) is 16.7 Å². The highest BCUT2D eigenvalue weighted by Gasteiger charge is 1.99. The smallest absolute Gasteiger partial charge is 0.0672 e. The van der Waals surface area contributed by atoms with E-state index in [-0.39, 0.29) is 5.57 Å². The van der Waals surface area contributed by atoms with Gasteiger partial charge in [0, 0.05) is 0 Å². The molecule has 0 aromatic heterocycles. The molecule has 1 rings (SSSR count). The van der Waals surface area contributed by atoms with Gasteiger partial charge in [0.05, 0.1) is 5.97 Å². The summed E-state index contributed by atoms with van der Waals surface area (Å²) in [6.45, 7) is 7.64. The first kappa shape index (κ1) is 11.5. The van der Waals surface area contributed by atoms with Crippen LogP contribution in [-0.4, -0.2) is 5.97 Å². The van der Waals surface area contributed by atoms with Gasteiger partial charge in [-0.05, 0) is 55.5 Å². The van der Waals surface area contributed by atoms with E-state index in [4.69, 9.17) is 0 Å². The monoisotopic (exact) mass is 203 g/mol. The first-order valence-corrected chi connectivity index (χ1v) is 4.89. The van der Waals surface area contributed by atoms with Crippen LogP contribution in [0.1, 0.15) is 29.2 Å². The van der Waals surface area contributed by atoms with Crippen molar-refractivity contribution >= 4 is 12.0 Å². The highest BCUT2D eigenvalue weighted by atomic mass is 16.4. The molecular weight excluding hydrogens is 188 g/mol. The number of carboxylic acids is 1. The number of aliphatic carboxylic acids is 1. The molecule has 1 aromatic carbocycles. The predicted molar refractivity (Wildman–Crippen MR) is 59.3 cm³/mol. The Morgan fingerprint density at radius 1 is 1.20 bits per heavy atom. The number of carboxylic acid groups (broad SMARTS) is 1. The van der Waals surface area contributed by atoms with Crippen LogP contribution in [0.2, 0.25) is 0 Å². The summed E-state index contributed by atoms with van der Waals surface area (Å²) in [5.41, 5.74) is 4.76. The lowest BCUT2D eigenvalue weighted by atomic mass is 9.99. The third-order valence-corrected chi connectivity index (χ3v) is 2.65. The molecule has 0 spiro atoms. The van der Waals surface area contributed by atoms with E-state index in [0.29, 0.717) is 0 Å². The molecule has 15 heavy (non-hydrogen) atoms. The van der Waals surface area contributed by atoms with Gasteiger partial charge in [-0.25, -0.2) is 0 Å². The molecule has 0 aliphatic heterocycles. The number of hydrogen-bond donors (Lipinski definition) is 0. The van der Waals surface area contributed by atoms with Crippen LogP contribution in [-0.2, 0) is 4.79 Å². The highest BCUT2D eigenvalue weighted by molar-refractivity contribution is 5.89. The first-order chi connectivity index (χ1) is 6.91. The summed E-state index contributed by atoms with van der Waals surface area (Å²) in [7, 11) is 0. The quantitative estimate of drug-likeness (QED) is 0.687. The Balaban J connectivity index is 3.18. The van der Waals surface area contributed by atoms with E-state index in [0.717, 1.165) is 5.56 Å². The van der Waals surface area contributed by atoms with Crippen molar-refractivity contribution in [1.82, 2.24) is 0 Å². The van der Waals surface area contributed by atoms with Crippen molar-refractivity contribution in [2.75, 3.05) is 0 Å². The molecule has 0 bridgehead atoms. The molecule has 2 heteroatoms. The van der Waals surface area contributed by atoms with Gasteiger partial charge in [0.1, 0.15) is 0 Å². The van der Waals surface area contributed by atoms with Gasteiger partial charge in [-0.3, -0.25) is 0 Å². The molecule has 0 fully saturated rings. The van der Waals surface area contributed by atoms with Crippen LogP contribution < -0.4 is 5.11 Å². The minimum absolute atomic E-state index is 0.248. The molecule has 0 unspecified atom stereocenters. The Morgan fingerprint density at radius 3 is 2.07 bits per heavy atom. The van der Waals surface area contributed by atoms with Crippen LogP contribution in [0.4, 0.5) is 0 Å². The summed E-state index contributed by atoms with van der Waals surface area (Å²) in [5, 5.41) is 10.6. The molecule has 0 N–H and O–H groups in total. The maximum absolute atomic E-state index is 10.6. The van der Waals surface area contributed by atoms with Gasteiger partial charge in [-0.2, -0.15) is 0 Å². The van der Waals surface area contributed by atoms with E-state index in [1.54, 1.807) is 13.0 Å². The number of aryl methyl sites for hydroxylation is 2. The maximum atomic E-state index is 10.6. The van der Waals surface area contributed by atoms with Gasteiger partial charge in [0.2, 0.25) is 0 Å². The van der Waals surface area contributed by atoms with E-state index in [1.807, 2.05) is 26.0 Å². The molecule has 0 amide bonds. The van der Waals surface area contributed by atoms with Crippen LogP contribution in [0.25, 0.3) is 6.08 Å². The zero-order chi connectivity index (χ0) is 11.6. The summed E-state index contributed by atoms with van der Waals surface area (Å²) in [6, 6.07) is 3.96.